The van der Waals surface area contributed by atoms with Crippen molar-refractivity contribution >= 4 is 52.8 Å². The van der Waals surface area contributed by atoms with Gasteiger partial charge in [-0.1, -0.05) is 0 Å². The minimum atomic E-state index is -4.07. The Morgan fingerprint density at radius 2 is 2.28 bits per heavy atom. The number of nitrogens with zero attached hydrogens (tertiary/aromatic N) is 2. The lowest BCUT2D eigenvalue weighted by molar-refractivity contribution is -0.385. The van der Waals surface area contributed by atoms with E-state index in [1.54, 1.807) is 0 Å². The molecule has 0 heterocycles. The molecule has 0 aliphatic rings. The first kappa shape index (κ1) is 15.0. The third-order valence-electron chi connectivity index (χ3n) is 1.66. The first-order valence-electron chi connectivity index (χ1n) is 4.22. The Morgan fingerprint density at radius 3 is 2.78 bits per heavy atom. The number of ether oxygens (including phenoxy) is 1. The predicted molar refractivity (Wildman–Crippen MR) is 72.0 cm³/mol. The second-order valence-corrected chi connectivity index (χ2v) is 7.14. The fourth-order valence-electron chi connectivity index (χ4n) is 1.02. The third-order valence-corrected chi connectivity index (χ3v) is 2.70. The molecule has 0 unspecified atom stereocenters. The molecule has 0 aliphatic heterocycles. The average molecular weight is 359 g/mol. The van der Waals surface area contributed by atoms with Gasteiger partial charge in [-0.25, -0.2) is 0 Å². The van der Waals surface area contributed by atoms with Gasteiger partial charge < -0.3 is 4.74 Å². The number of thiocarbonyl (C=S) groups is 1. The number of hydrogen-bond acceptors (Lipinski definition) is 5. The average Bonchev–Trinajstić information content (AvgIpc) is 2.26. The number of rotatable bonds is 5. The van der Waals surface area contributed by atoms with Crippen molar-refractivity contribution in [3.8, 4) is 5.75 Å². The van der Waals surface area contributed by atoms with E-state index in [0.29, 0.717) is 0 Å². The summed E-state index contributed by atoms with van der Waals surface area (Å²) >= 11 is 6.51. The highest BCUT2D eigenvalue weighted by Crippen LogP contribution is 2.58. The van der Waals surface area contributed by atoms with E-state index >= 15 is 0 Å². The largest absolute Gasteiger partial charge is 0.472 e. The number of isothiocyanates is 1. The van der Waals surface area contributed by atoms with E-state index in [1.807, 2.05) is 5.16 Å². The first-order chi connectivity index (χ1) is 8.33. The lowest BCUT2D eigenvalue weighted by Gasteiger charge is -2.13. The molecule has 0 N–H and O–H groups in total. The van der Waals surface area contributed by atoms with Crippen molar-refractivity contribution in [2.75, 3.05) is 5.94 Å². The number of benzene rings is 1. The van der Waals surface area contributed by atoms with Gasteiger partial charge in [-0.3, -0.25) is 10.1 Å². The van der Waals surface area contributed by atoms with Crippen molar-refractivity contribution in [3.63, 3.8) is 0 Å². The number of hydrogen-bond donors (Lipinski definition) is 0. The van der Waals surface area contributed by atoms with Gasteiger partial charge >= 0.3 is 5.69 Å². The Kier molecular flexibility index (Phi) is 5.15. The molecular formula is C8H5BrF2N2O3S2. The number of halogens is 3. The highest BCUT2D eigenvalue weighted by atomic mass is 79.9. The van der Waals surface area contributed by atoms with Gasteiger partial charge in [0.15, 0.2) is 20.9 Å². The van der Waals surface area contributed by atoms with Crippen LogP contribution in [0, 0.1) is 10.1 Å². The van der Waals surface area contributed by atoms with E-state index in [9.17, 15) is 17.9 Å². The van der Waals surface area contributed by atoms with Crippen LogP contribution >= 0.6 is 36.3 Å². The highest BCUT2D eigenvalue weighted by Gasteiger charge is 2.22. The molecule has 0 aliphatic carbocycles. The molecule has 0 aromatic heterocycles. The summed E-state index contributed by atoms with van der Waals surface area (Å²) in [5, 5.41) is 12.8. The van der Waals surface area contributed by atoms with Gasteiger partial charge in [0.25, 0.3) is 0 Å². The zero-order chi connectivity index (χ0) is 13.8. The van der Waals surface area contributed by atoms with Crippen LogP contribution in [0.15, 0.2) is 23.2 Å². The quantitative estimate of drug-likeness (QED) is 0.335. The molecule has 1 aromatic rings. The molecule has 0 saturated heterocycles. The Bertz CT molecular complexity index is 518. The standard InChI is InChI=1S/C8H5BrF2N2O3S2/c9-18(10,11)5-16-8-2-1-6(12-4-17)3-7(8)13(14)15/h1-3H,5H2. The topological polar surface area (TPSA) is 64.7 Å². The lowest BCUT2D eigenvalue weighted by Crippen LogP contribution is -2.00. The maximum Gasteiger partial charge on any atom is 0.313 e. The summed E-state index contributed by atoms with van der Waals surface area (Å²) in [5.74, 6) is -1.20. The Labute approximate surface area is 115 Å². The summed E-state index contributed by atoms with van der Waals surface area (Å²) in [4.78, 5) is 13.5. The van der Waals surface area contributed by atoms with E-state index in [0.717, 1.165) is 6.07 Å². The Hall–Kier alpha value is -1.09. The lowest BCUT2D eigenvalue weighted by atomic mass is 10.2. The SMILES string of the molecule is O=[N+]([O-])c1cc(N=C=S)ccc1OCS(F)(F)Br. The van der Waals surface area contributed by atoms with Crippen LogP contribution < -0.4 is 4.74 Å². The summed E-state index contributed by atoms with van der Waals surface area (Å²) in [7, 11) is -4.07. The highest BCUT2D eigenvalue weighted by molar-refractivity contribution is 9.56. The van der Waals surface area contributed by atoms with Gasteiger partial charge in [0.2, 0.25) is 0 Å². The van der Waals surface area contributed by atoms with Crippen LogP contribution in [0.1, 0.15) is 0 Å². The van der Waals surface area contributed by atoms with E-state index < -0.39 is 25.8 Å². The van der Waals surface area contributed by atoms with Crippen LogP contribution in [0.3, 0.4) is 0 Å². The molecule has 0 bridgehead atoms. The molecule has 10 heteroatoms. The predicted octanol–water partition coefficient (Wildman–Crippen LogP) is 4.55. The molecule has 5 nitrogen and oxygen atoms in total. The molecule has 0 saturated carbocycles. The van der Waals surface area contributed by atoms with Crippen LogP contribution in [-0.2, 0) is 0 Å². The normalized spacial score (nSPS) is 11.5. The summed E-state index contributed by atoms with van der Waals surface area (Å²) < 4.78 is 29.9. The zero-order valence-corrected chi connectivity index (χ0v) is 11.7. The molecule has 0 amide bonds. The number of aliphatic imine (C=N–C) groups is 1. The molecular weight excluding hydrogens is 354 g/mol. The fourth-order valence-corrected chi connectivity index (χ4v) is 1.67. The summed E-state index contributed by atoms with van der Waals surface area (Å²) in [6, 6.07) is 3.60. The van der Waals surface area contributed by atoms with Crippen molar-refractivity contribution in [1.29, 1.82) is 0 Å². The minimum Gasteiger partial charge on any atom is -0.472 e. The fraction of sp³-hybridized carbons (Fsp3) is 0.125. The third kappa shape index (κ3) is 4.65. The van der Waals surface area contributed by atoms with E-state index in [4.69, 9.17) is 4.74 Å². The van der Waals surface area contributed by atoms with Crippen molar-refractivity contribution in [2.24, 2.45) is 4.99 Å². The van der Waals surface area contributed by atoms with Gasteiger partial charge in [-0.05, 0) is 24.4 Å². The second kappa shape index (κ2) is 6.19. The monoisotopic (exact) mass is 358 g/mol. The molecule has 0 atom stereocenters. The molecule has 1 aromatic carbocycles. The summed E-state index contributed by atoms with van der Waals surface area (Å²) in [6.45, 7) is 0. The second-order valence-electron chi connectivity index (χ2n) is 2.88. The van der Waals surface area contributed by atoms with Crippen molar-refractivity contribution in [1.82, 2.24) is 0 Å². The molecule has 98 valence electrons. The smallest absolute Gasteiger partial charge is 0.313 e. The van der Waals surface area contributed by atoms with Crippen LogP contribution in [0.25, 0.3) is 0 Å². The maximum absolute atomic E-state index is 12.6. The van der Waals surface area contributed by atoms with Crippen molar-refractivity contribution in [3.05, 3.63) is 28.3 Å². The van der Waals surface area contributed by atoms with Crippen molar-refractivity contribution in [2.45, 2.75) is 0 Å². The Balaban J connectivity index is 3.04. The van der Waals surface area contributed by atoms with E-state index in [1.165, 1.54) is 12.1 Å². The molecule has 0 fully saturated rings. The maximum atomic E-state index is 12.6. The van der Waals surface area contributed by atoms with Crippen LogP contribution in [0.4, 0.5) is 19.1 Å². The molecule has 1 rings (SSSR count). The minimum absolute atomic E-state index is 0.196. The van der Waals surface area contributed by atoms with Crippen molar-refractivity contribution < 1.29 is 17.4 Å². The molecule has 0 radical (unpaired) electrons. The summed E-state index contributed by atoms with van der Waals surface area (Å²) in [5.41, 5.74) is -0.264. The number of nitro groups is 1. The number of nitro benzene ring substituents is 1. The van der Waals surface area contributed by atoms with E-state index in [-0.39, 0.29) is 11.4 Å². The zero-order valence-electron chi connectivity index (χ0n) is 8.51. The van der Waals surface area contributed by atoms with Gasteiger partial charge in [0.1, 0.15) is 0 Å². The first-order valence-corrected chi connectivity index (χ1v) is 8.08. The van der Waals surface area contributed by atoms with Gasteiger partial charge in [-0.2, -0.15) is 4.99 Å². The molecule has 0 spiro atoms. The van der Waals surface area contributed by atoms with Crippen LogP contribution in [-0.4, -0.2) is 16.0 Å². The van der Waals surface area contributed by atoms with Gasteiger partial charge in [-0.15, -0.1) is 7.77 Å². The van der Waals surface area contributed by atoms with E-state index in [2.05, 4.69) is 32.0 Å². The van der Waals surface area contributed by atoms with Crippen LogP contribution in [0.5, 0.6) is 5.75 Å². The van der Waals surface area contributed by atoms with Gasteiger partial charge in [0, 0.05) is 20.9 Å². The Morgan fingerprint density at radius 1 is 1.61 bits per heavy atom. The van der Waals surface area contributed by atoms with Gasteiger partial charge in [0.05, 0.1) is 15.8 Å². The van der Waals surface area contributed by atoms with Crippen LogP contribution in [0.2, 0.25) is 0 Å². The summed E-state index contributed by atoms with van der Waals surface area (Å²) in [6.07, 6.45) is 0. The molecule has 18 heavy (non-hydrogen) atoms.